The Kier molecular flexibility index (Phi) is 2.95. The molecule has 88 valence electrons. The molecule has 1 aromatic heterocycles. The number of aromatic nitrogens is 1. The highest BCUT2D eigenvalue weighted by Crippen LogP contribution is 2.24. The predicted octanol–water partition coefficient (Wildman–Crippen LogP) is 1.55. The largest absolute Gasteiger partial charge is 0.507 e. The van der Waals surface area contributed by atoms with Crippen LogP contribution in [0.2, 0.25) is 0 Å². The third kappa shape index (κ3) is 2.06. The molecule has 1 aromatic carbocycles. The molecule has 4 heteroatoms. The van der Waals surface area contributed by atoms with Crippen LogP contribution < -0.4 is 11.0 Å². The Balaban J connectivity index is 2.96. The molecule has 0 fully saturated rings. The molecule has 1 heterocycles. The summed E-state index contributed by atoms with van der Waals surface area (Å²) in [7, 11) is 0. The predicted molar refractivity (Wildman–Crippen MR) is 66.5 cm³/mol. The first kappa shape index (κ1) is 11.4. The van der Waals surface area contributed by atoms with Crippen molar-refractivity contribution in [2.45, 2.75) is 19.8 Å². The summed E-state index contributed by atoms with van der Waals surface area (Å²) in [5.41, 5.74) is -0.0422. The average Bonchev–Trinajstić information content (AvgIpc) is 2.38. The molecule has 0 amide bonds. The number of aryl methyl sites for hydroxylation is 1. The van der Waals surface area contributed by atoms with Crippen molar-refractivity contribution in [1.82, 2.24) is 4.98 Å². The van der Waals surface area contributed by atoms with Crippen molar-refractivity contribution >= 4 is 10.9 Å². The van der Waals surface area contributed by atoms with E-state index >= 15 is 0 Å². The van der Waals surface area contributed by atoms with E-state index in [9.17, 15) is 14.7 Å². The first-order valence-corrected chi connectivity index (χ1v) is 5.51. The van der Waals surface area contributed by atoms with Crippen LogP contribution in [0.4, 0.5) is 0 Å². The van der Waals surface area contributed by atoms with Crippen LogP contribution in [0.25, 0.3) is 10.9 Å². The summed E-state index contributed by atoms with van der Waals surface area (Å²) in [6, 6.07) is 6.33. The van der Waals surface area contributed by atoms with E-state index in [0.29, 0.717) is 10.9 Å². The van der Waals surface area contributed by atoms with Crippen LogP contribution in [0.5, 0.6) is 5.75 Å². The van der Waals surface area contributed by atoms with Crippen molar-refractivity contribution < 1.29 is 5.11 Å². The monoisotopic (exact) mass is 231 g/mol. The van der Waals surface area contributed by atoms with Gasteiger partial charge >= 0.3 is 0 Å². The minimum Gasteiger partial charge on any atom is -0.507 e. The molecule has 4 nitrogen and oxygen atoms in total. The lowest BCUT2D eigenvalue weighted by atomic mass is 10.0. The third-order valence-electron chi connectivity index (χ3n) is 2.67. The fourth-order valence-corrected chi connectivity index (χ4v) is 1.93. The maximum Gasteiger partial charge on any atom is 0.296 e. The lowest BCUT2D eigenvalue weighted by Crippen LogP contribution is -2.22. The van der Waals surface area contributed by atoms with Gasteiger partial charge in [0, 0.05) is 11.5 Å². The SMILES string of the molecule is CCCc1cccc2[nH]c(=O)c(=O)cc(O)c12. The quantitative estimate of drug-likeness (QED) is 0.770. The maximum absolute atomic E-state index is 11.4. The summed E-state index contributed by atoms with van der Waals surface area (Å²) in [6.45, 7) is 2.03. The molecule has 0 spiro atoms. The summed E-state index contributed by atoms with van der Waals surface area (Å²) >= 11 is 0. The topological polar surface area (TPSA) is 70.2 Å². The van der Waals surface area contributed by atoms with Gasteiger partial charge in [-0.3, -0.25) is 9.59 Å². The van der Waals surface area contributed by atoms with Gasteiger partial charge < -0.3 is 10.1 Å². The van der Waals surface area contributed by atoms with Gasteiger partial charge in [0.05, 0.1) is 5.52 Å². The molecular weight excluding hydrogens is 218 g/mol. The minimum atomic E-state index is -0.735. The smallest absolute Gasteiger partial charge is 0.296 e. The number of hydrogen-bond donors (Lipinski definition) is 2. The van der Waals surface area contributed by atoms with Crippen LogP contribution >= 0.6 is 0 Å². The van der Waals surface area contributed by atoms with E-state index < -0.39 is 11.0 Å². The number of aromatic amines is 1. The number of rotatable bonds is 2. The van der Waals surface area contributed by atoms with Crippen LogP contribution in [0.1, 0.15) is 18.9 Å². The maximum atomic E-state index is 11.4. The number of nitrogens with one attached hydrogen (secondary N) is 1. The van der Waals surface area contributed by atoms with Crippen LogP contribution in [0.15, 0.2) is 33.9 Å². The van der Waals surface area contributed by atoms with Crippen LogP contribution in [0.3, 0.4) is 0 Å². The van der Waals surface area contributed by atoms with E-state index in [1.54, 1.807) is 12.1 Å². The number of hydrogen-bond acceptors (Lipinski definition) is 3. The Hall–Kier alpha value is -2.10. The van der Waals surface area contributed by atoms with Crippen molar-refractivity contribution in [3.05, 3.63) is 50.4 Å². The summed E-state index contributed by atoms with van der Waals surface area (Å²) in [6.07, 6.45) is 1.71. The summed E-state index contributed by atoms with van der Waals surface area (Å²) in [4.78, 5) is 25.2. The van der Waals surface area contributed by atoms with Gasteiger partial charge in [-0.05, 0) is 18.1 Å². The van der Waals surface area contributed by atoms with Crippen molar-refractivity contribution in [3.63, 3.8) is 0 Å². The number of aromatic hydroxyl groups is 1. The zero-order chi connectivity index (χ0) is 12.4. The summed E-state index contributed by atoms with van der Waals surface area (Å²) < 4.78 is 0. The highest BCUT2D eigenvalue weighted by atomic mass is 16.3. The van der Waals surface area contributed by atoms with Crippen LogP contribution in [0, 0.1) is 0 Å². The second-order valence-electron chi connectivity index (χ2n) is 3.94. The summed E-state index contributed by atoms with van der Waals surface area (Å²) in [5, 5.41) is 10.4. The lowest BCUT2D eigenvalue weighted by Gasteiger charge is -2.03. The Morgan fingerprint density at radius 3 is 2.76 bits per heavy atom. The normalized spacial score (nSPS) is 10.6. The number of H-pyrrole nitrogens is 1. The van der Waals surface area contributed by atoms with Gasteiger partial charge in [-0.1, -0.05) is 25.5 Å². The highest BCUT2D eigenvalue weighted by Gasteiger charge is 2.06. The third-order valence-corrected chi connectivity index (χ3v) is 2.67. The number of benzene rings is 1. The molecule has 2 rings (SSSR count). The van der Waals surface area contributed by atoms with E-state index in [0.717, 1.165) is 24.5 Å². The van der Waals surface area contributed by atoms with Crippen molar-refractivity contribution in [1.29, 1.82) is 0 Å². The lowest BCUT2D eigenvalue weighted by molar-refractivity contribution is 0.481. The van der Waals surface area contributed by atoms with Gasteiger partial charge in [-0.15, -0.1) is 0 Å². The fourth-order valence-electron chi connectivity index (χ4n) is 1.93. The zero-order valence-corrected chi connectivity index (χ0v) is 9.49. The first-order chi connectivity index (χ1) is 8.13. The van der Waals surface area contributed by atoms with Gasteiger partial charge in [-0.2, -0.15) is 0 Å². The van der Waals surface area contributed by atoms with E-state index in [1.807, 2.05) is 13.0 Å². The molecule has 17 heavy (non-hydrogen) atoms. The fraction of sp³-hybridized carbons (Fsp3) is 0.231. The molecule has 0 atom stereocenters. The number of fused-ring (bicyclic) bond motifs is 1. The van der Waals surface area contributed by atoms with Gasteiger partial charge in [0.1, 0.15) is 5.75 Å². The summed E-state index contributed by atoms with van der Waals surface area (Å²) in [5.74, 6) is -0.146. The van der Waals surface area contributed by atoms with Gasteiger partial charge in [-0.25, -0.2) is 0 Å². The molecule has 2 N–H and O–H groups in total. The Labute approximate surface area is 97.6 Å². The highest BCUT2D eigenvalue weighted by molar-refractivity contribution is 5.87. The Morgan fingerprint density at radius 1 is 1.29 bits per heavy atom. The van der Waals surface area contributed by atoms with E-state index in [-0.39, 0.29) is 5.75 Å². The second-order valence-corrected chi connectivity index (χ2v) is 3.94. The van der Waals surface area contributed by atoms with Crippen LogP contribution in [-0.4, -0.2) is 10.1 Å². The van der Waals surface area contributed by atoms with Crippen LogP contribution in [-0.2, 0) is 6.42 Å². The zero-order valence-electron chi connectivity index (χ0n) is 9.49. The van der Waals surface area contributed by atoms with Gasteiger partial charge in [0.15, 0.2) is 0 Å². The van der Waals surface area contributed by atoms with Gasteiger partial charge in [0.2, 0.25) is 5.43 Å². The molecule has 0 saturated heterocycles. The minimum absolute atomic E-state index is 0.146. The van der Waals surface area contributed by atoms with E-state index in [1.165, 1.54) is 0 Å². The average molecular weight is 231 g/mol. The van der Waals surface area contributed by atoms with Crippen molar-refractivity contribution in [3.8, 4) is 5.75 Å². The molecule has 0 aliphatic rings. The molecule has 0 saturated carbocycles. The van der Waals surface area contributed by atoms with Crippen molar-refractivity contribution in [2.75, 3.05) is 0 Å². The molecular formula is C13H13NO3. The molecule has 0 aliphatic carbocycles. The second kappa shape index (κ2) is 4.41. The molecule has 0 unspecified atom stereocenters. The Bertz CT molecular complexity index is 673. The van der Waals surface area contributed by atoms with Crippen molar-refractivity contribution in [2.24, 2.45) is 0 Å². The Morgan fingerprint density at radius 2 is 2.06 bits per heavy atom. The van der Waals surface area contributed by atoms with E-state index in [4.69, 9.17) is 0 Å². The standard InChI is InChI=1S/C13H13NO3/c1-2-4-8-5-3-6-9-12(8)10(15)7-11(16)13(17)14-9/h3,5-7,15H,2,4H2,1H3,(H,14,16,17). The molecule has 0 bridgehead atoms. The first-order valence-electron chi connectivity index (χ1n) is 5.51. The van der Waals surface area contributed by atoms with Gasteiger partial charge in [0.25, 0.3) is 5.56 Å². The molecule has 2 aromatic rings. The molecule has 0 radical (unpaired) electrons. The van der Waals surface area contributed by atoms with E-state index in [2.05, 4.69) is 4.98 Å². The molecule has 0 aliphatic heterocycles.